The van der Waals surface area contributed by atoms with E-state index in [2.05, 4.69) is 32.2 Å². The lowest BCUT2D eigenvalue weighted by atomic mass is 10.1. The highest BCUT2D eigenvalue weighted by molar-refractivity contribution is 7.90. The van der Waals surface area contributed by atoms with Crippen molar-refractivity contribution in [3.63, 3.8) is 0 Å². The van der Waals surface area contributed by atoms with E-state index in [0.717, 1.165) is 24.4 Å². The Hall–Kier alpha value is -1.76. The minimum atomic E-state index is -3.49. The largest absolute Gasteiger partial charge is 0.398 e. The van der Waals surface area contributed by atoms with E-state index in [-0.39, 0.29) is 10.5 Å². The van der Waals surface area contributed by atoms with Crippen LogP contribution in [0.3, 0.4) is 0 Å². The Morgan fingerprint density at radius 2 is 1.68 bits per heavy atom. The fourth-order valence-electron chi connectivity index (χ4n) is 2.36. The van der Waals surface area contributed by atoms with Crippen LogP contribution >= 0.6 is 0 Å². The summed E-state index contributed by atoms with van der Waals surface area (Å²) in [6, 6.07) is 7.92. The van der Waals surface area contributed by atoms with E-state index in [4.69, 9.17) is 5.73 Å². The van der Waals surface area contributed by atoms with E-state index in [1.54, 1.807) is 0 Å². The third-order valence-electron chi connectivity index (χ3n) is 4.19. The molecule has 0 fully saturated rings. The number of hydrogen-bond donors (Lipinski definition) is 1. The van der Waals surface area contributed by atoms with Gasteiger partial charge in [0.1, 0.15) is 14.1 Å². The summed E-state index contributed by atoms with van der Waals surface area (Å²) in [5, 5.41) is 9.36. The first-order valence-electron chi connectivity index (χ1n) is 7.30. The Morgan fingerprint density at radius 3 is 2.09 bits per heavy atom. The van der Waals surface area contributed by atoms with E-state index < -0.39 is 17.9 Å². The van der Waals surface area contributed by atoms with Crippen LogP contribution < -0.4 is 5.73 Å². The molecule has 6 heteroatoms. The number of anilines is 1. The number of nitrogen functional groups attached to an aromatic ring is 1. The standard InChI is InChI=1S/C16H22N2O2SSi/c1-5-22(6-2,7-3)11-10-13-14(12-17)16(21(4,19)20)9-8-15(13)18/h8-9H,5-7,18H2,1-4H3. The van der Waals surface area contributed by atoms with Crippen LogP contribution in [0.2, 0.25) is 18.1 Å². The van der Waals surface area contributed by atoms with Crippen molar-refractivity contribution in [2.24, 2.45) is 0 Å². The van der Waals surface area contributed by atoms with Crippen molar-refractivity contribution in [3.8, 4) is 17.5 Å². The van der Waals surface area contributed by atoms with Crippen LogP contribution in [0.25, 0.3) is 0 Å². The molecule has 0 bridgehead atoms. The van der Waals surface area contributed by atoms with Crippen LogP contribution in [0.4, 0.5) is 5.69 Å². The van der Waals surface area contributed by atoms with Crippen LogP contribution in [-0.4, -0.2) is 22.7 Å². The second-order valence-corrected chi connectivity index (χ2v) is 12.3. The molecule has 1 rings (SSSR count). The molecule has 118 valence electrons. The van der Waals surface area contributed by atoms with Gasteiger partial charge >= 0.3 is 0 Å². The first-order valence-corrected chi connectivity index (χ1v) is 11.8. The molecule has 0 atom stereocenters. The van der Waals surface area contributed by atoms with Crippen molar-refractivity contribution in [1.82, 2.24) is 0 Å². The van der Waals surface area contributed by atoms with Crippen molar-refractivity contribution in [2.75, 3.05) is 12.0 Å². The van der Waals surface area contributed by atoms with Gasteiger partial charge in [-0.2, -0.15) is 5.26 Å². The summed E-state index contributed by atoms with van der Waals surface area (Å²) in [5.41, 5.74) is 10.0. The molecule has 0 heterocycles. The Bertz CT molecular complexity index is 756. The number of nitrogens with two attached hydrogens (primary N) is 1. The minimum Gasteiger partial charge on any atom is -0.398 e. The molecule has 0 saturated heterocycles. The summed E-state index contributed by atoms with van der Waals surface area (Å²) < 4.78 is 23.6. The van der Waals surface area contributed by atoms with Crippen molar-refractivity contribution in [3.05, 3.63) is 23.3 Å². The van der Waals surface area contributed by atoms with E-state index in [1.165, 1.54) is 12.1 Å². The summed E-state index contributed by atoms with van der Waals surface area (Å²) in [4.78, 5) is -0.00902. The number of nitriles is 1. The van der Waals surface area contributed by atoms with Gasteiger partial charge in [0.25, 0.3) is 0 Å². The number of nitrogens with zero attached hydrogens (tertiary/aromatic N) is 1. The molecule has 0 amide bonds. The van der Waals surface area contributed by atoms with Crippen molar-refractivity contribution >= 4 is 23.6 Å². The highest BCUT2D eigenvalue weighted by atomic mass is 32.2. The topological polar surface area (TPSA) is 84.0 Å². The van der Waals surface area contributed by atoms with Gasteiger partial charge in [0, 0.05) is 11.9 Å². The lowest BCUT2D eigenvalue weighted by Crippen LogP contribution is -2.29. The fraction of sp³-hybridized carbons (Fsp3) is 0.438. The zero-order chi connectivity index (χ0) is 17.0. The average Bonchev–Trinajstić information content (AvgIpc) is 2.48. The van der Waals surface area contributed by atoms with Crippen LogP contribution in [0.15, 0.2) is 17.0 Å². The first-order chi connectivity index (χ1) is 10.2. The average molecular weight is 335 g/mol. The van der Waals surface area contributed by atoms with Crippen molar-refractivity contribution < 1.29 is 8.42 Å². The SMILES string of the molecule is CC[Si](C#Cc1c(N)ccc(S(C)(=O)=O)c1C#N)(CC)CC. The molecule has 0 unspecified atom stereocenters. The van der Waals surface area contributed by atoms with E-state index in [9.17, 15) is 13.7 Å². The zero-order valence-electron chi connectivity index (χ0n) is 13.5. The maximum absolute atomic E-state index is 11.8. The number of benzene rings is 1. The van der Waals surface area contributed by atoms with E-state index >= 15 is 0 Å². The maximum Gasteiger partial charge on any atom is 0.176 e. The molecule has 0 aliphatic carbocycles. The molecule has 0 radical (unpaired) electrons. The van der Waals surface area contributed by atoms with Crippen LogP contribution in [-0.2, 0) is 9.84 Å². The second-order valence-electron chi connectivity index (χ2n) is 5.38. The quantitative estimate of drug-likeness (QED) is 0.521. The van der Waals surface area contributed by atoms with Gasteiger partial charge in [-0.1, -0.05) is 26.7 Å². The van der Waals surface area contributed by atoms with Crippen LogP contribution in [0.1, 0.15) is 31.9 Å². The lowest BCUT2D eigenvalue weighted by molar-refractivity contribution is 0.601. The Morgan fingerprint density at radius 1 is 1.14 bits per heavy atom. The summed E-state index contributed by atoms with van der Waals surface area (Å²) in [6.45, 7) is 6.40. The molecule has 0 spiro atoms. The van der Waals surface area contributed by atoms with Gasteiger partial charge in [0.2, 0.25) is 0 Å². The molecule has 4 nitrogen and oxygen atoms in total. The third-order valence-corrected chi connectivity index (χ3v) is 10.0. The van der Waals surface area contributed by atoms with Gasteiger partial charge in [-0.25, -0.2) is 8.42 Å². The van der Waals surface area contributed by atoms with Gasteiger partial charge in [-0.15, -0.1) is 5.54 Å². The van der Waals surface area contributed by atoms with Gasteiger partial charge in [0.15, 0.2) is 9.84 Å². The predicted molar refractivity (Wildman–Crippen MR) is 92.8 cm³/mol. The number of sulfone groups is 1. The zero-order valence-corrected chi connectivity index (χ0v) is 15.3. The second kappa shape index (κ2) is 7.00. The Kier molecular flexibility index (Phi) is 5.82. The molecule has 1 aromatic carbocycles. The van der Waals surface area contributed by atoms with Crippen LogP contribution in [0.5, 0.6) is 0 Å². The highest BCUT2D eigenvalue weighted by Crippen LogP contribution is 2.25. The van der Waals surface area contributed by atoms with Crippen molar-refractivity contribution in [2.45, 2.75) is 43.8 Å². The van der Waals surface area contributed by atoms with Gasteiger partial charge < -0.3 is 5.73 Å². The maximum atomic E-state index is 11.8. The Labute approximate surface area is 134 Å². The normalized spacial score (nSPS) is 11.4. The van der Waals surface area contributed by atoms with E-state index in [1.807, 2.05) is 6.07 Å². The molecule has 1 aromatic rings. The predicted octanol–water partition coefficient (Wildman–Crippen LogP) is 2.94. The van der Waals surface area contributed by atoms with Gasteiger partial charge in [-0.05, 0) is 30.3 Å². The molecule has 2 N–H and O–H groups in total. The lowest BCUT2D eigenvalue weighted by Gasteiger charge is -2.20. The van der Waals surface area contributed by atoms with Crippen LogP contribution in [0, 0.1) is 22.8 Å². The van der Waals surface area contributed by atoms with Gasteiger partial charge in [0.05, 0.1) is 16.0 Å². The smallest absolute Gasteiger partial charge is 0.176 e. The fourth-order valence-corrected chi connectivity index (χ4v) is 5.62. The highest BCUT2D eigenvalue weighted by Gasteiger charge is 2.25. The molecule has 22 heavy (non-hydrogen) atoms. The minimum absolute atomic E-state index is 0.00902. The number of hydrogen-bond acceptors (Lipinski definition) is 4. The molecule has 0 saturated carbocycles. The Balaban J connectivity index is 3.61. The molecular weight excluding hydrogens is 312 g/mol. The van der Waals surface area contributed by atoms with E-state index in [0.29, 0.717) is 11.3 Å². The summed E-state index contributed by atoms with van der Waals surface area (Å²) in [6.07, 6.45) is 1.08. The van der Waals surface area contributed by atoms with Crippen molar-refractivity contribution in [1.29, 1.82) is 5.26 Å². The van der Waals surface area contributed by atoms with Gasteiger partial charge in [-0.3, -0.25) is 0 Å². The summed E-state index contributed by atoms with van der Waals surface area (Å²) >= 11 is 0. The number of rotatable bonds is 4. The third kappa shape index (κ3) is 3.71. The molecular formula is C16H22N2O2SSi. The molecule has 0 aromatic heterocycles. The summed E-state index contributed by atoms with van der Waals surface area (Å²) in [5.74, 6) is 3.04. The first kappa shape index (κ1) is 18.3. The molecule has 0 aliphatic heterocycles. The molecule has 0 aliphatic rings. The monoisotopic (exact) mass is 334 g/mol. The summed E-state index contributed by atoms with van der Waals surface area (Å²) in [7, 11) is -5.19.